The average molecular weight is 718 g/mol. The molecule has 0 bridgehead atoms. The maximum atomic E-state index is 5.23. The Bertz CT molecular complexity index is 2810. The molecule has 1 aromatic heterocycles. The first-order valence-corrected chi connectivity index (χ1v) is 18.7. The van der Waals surface area contributed by atoms with Crippen molar-refractivity contribution in [3.05, 3.63) is 211 Å². The van der Waals surface area contributed by atoms with Crippen LogP contribution in [-0.4, -0.2) is 15.0 Å². The summed E-state index contributed by atoms with van der Waals surface area (Å²) >= 11 is 0. The Morgan fingerprint density at radius 1 is 0.250 bits per heavy atom. The third kappa shape index (κ3) is 6.50. The fraction of sp³-hybridized carbons (Fsp3) is 0.0377. The van der Waals surface area contributed by atoms with Gasteiger partial charge >= 0.3 is 0 Å². The second-order valence-electron chi connectivity index (χ2n) is 14.0. The van der Waals surface area contributed by atoms with E-state index in [1.165, 1.54) is 38.9 Å². The van der Waals surface area contributed by atoms with Crippen molar-refractivity contribution in [1.82, 2.24) is 15.0 Å². The predicted molar refractivity (Wildman–Crippen MR) is 233 cm³/mol. The zero-order chi connectivity index (χ0) is 36.6. The molecule has 1 aliphatic rings. The SMILES string of the molecule is C.c1ccc(-c2cccc(-c3nc(-c4ccccc4)nc(-c4cc(-c5ccccc5)cc(-c5cccc6c5Cc5c(-c7ccccc7)cccc5-6)c4)n3)c2)cc1. The van der Waals surface area contributed by atoms with E-state index in [1.807, 2.05) is 24.3 Å². The second kappa shape index (κ2) is 14.9. The van der Waals surface area contributed by atoms with Gasteiger partial charge in [-0.2, -0.15) is 0 Å². The number of hydrogen-bond donors (Lipinski definition) is 0. The summed E-state index contributed by atoms with van der Waals surface area (Å²) in [4.78, 5) is 15.5. The maximum absolute atomic E-state index is 5.23. The van der Waals surface area contributed by atoms with Gasteiger partial charge in [-0.25, -0.2) is 15.0 Å². The molecule has 0 spiro atoms. The van der Waals surface area contributed by atoms with E-state index >= 15 is 0 Å². The normalized spacial score (nSPS) is 11.4. The lowest BCUT2D eigenvalue weighted by Crippen LogP contribution is -2.01. The lowest BCUT2D eigenvalue weighted by atomic mass is 9.91. The molecule has 0 aliphatic heterocycles. The molecule has 8 aromatic carbocycles. The van der Waals surface area contributed by atoms with Crippen molar-refractivity contribution in [3.63, 3.8) is 0 Å². The molecule has 0 saturated carbocycles. The summed E-state index contributed by atoms with van der Waals surface area (Å²) in [5.41, 5.74) is 17.6. The quantitative estimate of drug-likeness (QED) is 0.165. The fourth-order valence-corrected chi connectivity index (χ4v) is 7.92. The summed E-state index contributed by atoms with van der Waals surface area (Å²) in [6.45, 7) is 0. The van der Waals surface area contributed by atoms with E-state index in [0.29, 0.717) is 17.5 Å². The van der Waals surface area contributed by atoms with Crippen LogP contribution in [0.1, 0.15) is 18.6 Å². The highest BCUT2D eigenvalue weighted by Crippen LogP contribution is 2.46. The van der Waals surface area contributed by atoms with Crippen LogP contribution < -0.4 is 0 Å². The number of aromatic nitrogens is 3. The smallest absolute Gasteiger partial charge is 0.164 e. The van der Waals surface area contributed by atoms with Crippen LogP contribution in [0.25, 0.3) is 89.8 Å². The van der Waals surface area contributed by atoms with Crippen LogP contribution in [0, 0.1) is 0 Å². The van der Waals surface area contributed by atoms with Gasteiger partial charge in [0.15, 0.2) is 17.5 Å². The molecule has 9 aromatic rings. The Labute approximate surface area is 328 Å². The summed E-state index contributed by atoms with van der Waals surface area (Å²) in [5, 5.41) is 0. The van der Waals surface area contributed by atoms with Gasteiger partial charge in [0.05, 0.1) is 0 Å². The molecule has 0 N–H and O–H groups in total. The summed E-state index contributed by atoms with van der Waals surface area (Å²) in [6, 6.07) is 70.7. The first-order chi connectivity index (χ1) is 27.2. The Morgan fingerprint density at radius 2 is 0.607 bits per heavy atom. The zero-order valence-electron chi connectivity index (χ0n) is 30.1. The van der Waals surface area contributed by atoms with Crippen LogP contribution in [0.2, 0.25) is 0 Å². The van der Waals surface area contributed by atoms with E-state index in [4.69, 9.17) is 15.0 Å². The van der Waals surface area contributed by atoms with Gasteiger partial charge in [0.25, 0.3) is 0 Å². The number of nitrogens with zero attached hydrogens (tertiary/aromatic N) is 3. The van der Waals surface area contributed by atoms with Crippen LogP contribution in [0.5, 0.6) is 0 Å². The van der Waals surface area contributed by atoms with E-state index in [-0.39, 0.29) is 7.43 Å². The molecule has 0 fully saturated rings. The molecule has 3 nitrogen and oxygen atoms in total. The molecule has 0 radical (unpaired) electrons. The molecular formula is C53H39N3. The Kier molecular flexibility index (Phi) is 9.18. The van der Waals surface area contributed by atoms with Crippen LogP contribution in [-0.2, 0) is 6.42 Å². The molecule has 0 saturated heterocycles. The highest BCUT2D eigenvalue weighted by atomic mass is 15.0. The Balaban J connectivity index is 0.00000410. The van der Waals surface area contributed by atoms with Crippen LogP contribution in [0.15, 0.2) is 200 Å². The summed E-state index contributed by atoms with van der Waals surface area (Å²) in [6.07, 6.45) is 0.864. The third-order valence-corrected chi connectivity index (χ3v) is 10.6. The van der Waals surface area contributed by atoms with E-state index in [9.17, 15) is 0 Å². The van der Waals surface area contributed by atoms with Gasteiger partial charge in [-0.15, -0.1) is 0 Å². The van der Waals surface area contributed by atoms with Gasteiger partial charge in [0, 0.05) is 16.7 Å². The van der Waals surface area contributed by atoms with Crippen molar-refractivity contribution in [1.29, 1.82) is 0 Å². The van der Waals surface area contributed by atoms with Crippen molar-refractivity contribution in [2.75, 3.05) is 0 Å². The first-order valence-electron chi connectivity index (χ1n) is 18.7. The van der Waals surface area contributed by atoms with Crippen LogP contribution >= 0.6 is 0 Å². The third-order valence-electron chi connectivity index (χ3n) is 10.6. The van der Waals surface area contributed by atoms with E-state index in [1.54, 1.807) is 0 Å². The van der Waals surface area contributed by atoms with Crippen molar-refractivity contribution < 1.29 is 0 Å². The van der Waals surface area contributed by atoms with Crippen molar-refractivity contribution >= 4 is 0 Å². The summed E-state index contributed by atoms with van der Waals surface area (Å²) < 4.78 is 0. The van der Waals surface area contributed by atoms with Gasteiger partial charge in [-0.1, -0.05) is 183 Å². The predicted octanol–water partition coefficient (Wildman–Crippen LogP) is 13.7. The molecule has 3 heteroatoms. The van der Waals surface area contributed by atoms with Gasteiger partial charge in [0.1, 0.15) is 0 Å². The highest BCUT2D eigenvalue weighted by molar-refractivity contribution is 5.91. The lowest BCUT2D eigenvalue weighted by molar-refractivity contribution is 1.07. The average Bonchev–Trinajstić information content (AvgIpc) is 3.67. The maximum Gasteiger partial charge on any atom is 0.164 e. The van der Waals surface area contributed by atoms with E-state index in [2.05, 4.69) is 176 Å². The summed E-state index contributed by atoms with van der Waals surface area (Å²) in [7, 11) is 0. The van der Waals surface area contributed by atoms with Crippen molar-refractivity contribution in [2.24, 2.45) is 0 Å². The standard InChI is InChI=1S/C52H35N3.CH4/c1-5-16-35(17-6-1)39-24-13-25-40(30-39)51-53-50(38-22-11-4-12-23-38)54-52(55-51)43-32-41(36-18-7-2-8-19-36)31-42(33-43)45-27-15-29-47-46-28-14-26-44(48(46)34-49(45)47)37-20-9-3-10-21-37;/h1-33H,34H2;1H4. The molecule has 10 rings (SSSR count). The minimum absolute atomic E-state index is 0. The number of hydrogen-bond acceptors (Lipinski definition) is 3. The van der Waals surface area contributed by atoms with E-state index in [0.717, 1.165) is 50.9 Å². The van der Waals surface area contributed by atoms with Crippen molar-refractivity contribution in [2.45, 2.75) is 13.8 Å². The number of benzene rings is 8. The Hall–Kier alpha value is -7.23. The minimum atomic E-state index is 0. The summed E-state index contributed by atoms with van der Waals surface area (Å²) in [5.74, 6) is 1.91. The first kappa shape index (κ1) is 34.5. The van der Waals surface area contributed by atoms with Gasteiger partial charge < -0.3 is 0 Å². The number of fused-ring (bicyclic) bond motifs is 3. The highest BCUT2D eigenvalue weighted by Gasteiger charge is 2.25. The van der Waals surface area contributed by atoms with Gasteiger partial charge in [0.2, 0.25) is 0 Å². The lowest BCUT2D eigenvalue weighted by Gasteiger charge is -2.15. The molecule has 0 atom stereocenters. The molecule has 0 unspecified atom stereocenters. The minimum Gasteiger partial charge on any atom is -0.208 e. The van der Waals surface area contributed by atoms with E-state index < -0.39 is 0 Å². The zero-order valence-corrected chi connectivity index (χ0v) is 30.1. The topological polar surface area (TPSA) is 38.7 Å². The Morgan fingerprint density at radius 3 is 1.20 bits per heavy atom. The molecule has 266 valence electrons. The molecule has 56 heavy (non-hydrogen) atoms. The van der Waals surface area contributed by atoms with Gasteiger partial charge in [-0.3, -0.25) is 0 Å². The second-order valence-corrected chi connectivity index (χ2v) is 14.0. The molecule has 1 heterocycles. The van der Waals surface area contributed by atoms with Crippen molar-refractivity contribution in [3.8, 4) is 89.8 Å². The molecule has 0 amide bonds. The number of rotatable bonds is 7. The van der Waals surface area contributed by atoms with Crippen LogP contribution in [0.4, 0.5) is 0 Å². The fourth-order valence-electron chi connectivity index (χ4n) is 7.92. The molecular weight excluding hydrogens is 679 g/mol. The largest absolute Gasteiger partial charge is 0.208 e. The van der Waals surface area contributed by atoms with Crippen LogP contribution in [0.3, 0.4) is 0 Å². The molecule has 1 aliphatic carbocycles. The monoisotopic (exact) mass is 717 g/mol. The van der Waals surface area contributed by atoms with Gasteiger partial charge in [-0.05, 0) is 97.4 Å².